The minimum atomic E-state index is 0.0392. The summed E-state index contributed by atoms with van der Waals surface area (Å²) in [4.78, 5) is 12.1. The SMILES string of the molecule is CCCCCCCCCCC(CC)C(=O)OCC(CC)CC. The molecule has 0 aromatic rings. The van der Waals surface area contributed by atoms with Crippen LogP contribution in [0.4, 0.5) is 0 Å². The second kappa shape index (κ2) is 15.4. The molecule has 0 fully saturated rings. The number of unbranched alkanes of at least 4 members (excludes halogenated alkanes) is 7. The Balaban J connectivity index is 3.70. The van der Waals surface area contributed by atoms with E-state index in [0.29, 0.717) is 12.5 Å². The molecule has 2 heteroatoms. The lowest BCUT2D eigenvalue weighted by molar-refractivity contribution is -0.150. The molecular weight excluding hydrogens is 272 g/mol. The Bertz CT molecular complexity index is 246. The molecule has 0 bridgehead atoms. The summed E-state index contributed by atoms with van der Waals surface area (Å²) in [6.07, 6.45) is 14.7. The van der Waals surface area contributed by atoms with Crippen LogP contribution >= 0.6 is 0 Å². The highest BCUT2D eigenvalue weighted by molar-refractivity contribution is 5.72. The Morgan fingerprint density at radius 2 is 1.32 bits per heavy atom. The maximum Gasteiger partial charge on any atom is 0.308 e. The molecule has 0 N–H and O–H groups in total. The first-order valence-electron chi connectivity index (χ1n) is 9.86. The van der Waals surface area contributed by atoms with Crippen molar-refractivity contribution in [1.29, 1.82) is 0 Å². The molecule has 1 unspecified atom stereocenters. The van der Waals surface area contributed by atoms with Crippen molar-refractivity contribution in [3.63, 3.8) is 0 Å². The van der Waals surface area contributed by atoms with Crippen LogP contribution < -0.4 is 0 Å². The molecule has 0 aliphatic carbocycles. The van der Waals surface area contributed by atoms with E-state index in [1.165, 1.54) is 51.4 Å². The molecule has 0 heterocycles. The molecule has 0 aliphatic heterocycles. The molecule has 2 nitrogen and oxygen atoms in total. The van der Waals surface area contributed by atoms with Crippen molar-refractivity contribution >= 4 is 5.97 Å². The van der Waals surface area contributed by atoms with E-state index in [-0.39, 0.29) is 11.9 Å². The summed E-state index contributed by atoms with van der Waals surface area (Å²) in [5, 5.41) is 0. The van der Waals surface area contributed by atoms with Gasteiger partial charge >= 0.3 is 5.97 Å². The number of hydrogen-bond acceptors (Lipinski definition) is 2. The molecule has 0 saturated carbocycles. The van der Waals surface area contributed by atoms with Crippen molar-refractivity contribution in [3.05, 3.63) is 0 Å². The number of carbonyl (C=O) groups excluding carboxylic acids is 1. The van der Waals surface area contributed by atoms with E-state index >= 15 is 0 Å². The van der Waals surface area contributed by atoms with Gasteiger partial charge < -0.3 is 4.74 Å². The van der Waals surface area contributed by atoms with E-state index in [1.807, 2.05) is 0 Å². The third-order valence-corrected chi connectivity index (χ3v) is 4.85. The quantitative estimate of drug-likeness (QED) is 0.254. The summed E-state index contributed by atoms with van der Waals surface area (Å²) < 4.78 is 5.52. The zero-order valence-corrected chi connectivity index (χ0v) is 15.7. The van der Waals surface area contributed by atoms with Crippen molar-refractivity contribution in [2.24, 2.45) is 11.8 Å². The lowest BCUT2D eigenvalue weighted by Crippen LogP contribution is -2.20. The smallest absolute Gasteiger partial charge is 0.308 e. The summed E-state index contributed by atoms with van der Waals surface area (Å²) in [5.74, 6) is 0.691. The maximum absolute atomic E-state index is 12.1. The largest absolute Gasteiger partial charge is 0.465 e. The summed E-state index contributed by atoms with van der Waals surface area (Å²) in [5.41, 5.74) is 0. The minimum absolute atomic E-state index is 0.0392. The minimum Gasteiger partial charge on any atom is -0.465 e. The van der Waals surface area contributed by atoms with Gasteiger partial charge in [-0.15, -0.1) is 0 Å². The zero-order valence-electron chi connectivity index (χ0n) is 15.7. The molecule has 0 amide bonds. The summed E-state index contributed by atoms with van der Waals surface area (Å²) in [6.45, 7) is 9.31. The second-order valence-corrected chi connectivity index (χ2v) is 6.68. The number of carbonyl (C=O) groups is 1. The van der Waals surface area contributed by atoms with Gasteiger partial charge in [-0.1, -0.05) is 91.9 Å². The predicted molar refractivity (Wildman–Crippen MR) is 96.0 cm³/mol. The van der Waals surface area contributed by atoms with E-state index in [2.05, 4.69) is 27.7 Å². The summed E-state index contributed by atoms with van der Waals surface area (Å²) >= 11 is 0. The van der Waals surface area contributed by atoms with Crippen LogP contribution in [0.5, 0.6) is 0 Å². The van der Waals surface area contributed by atoms with Gasteiger partial charge in [0.15, 0.2) is 0 Å². The molecule has 0 aromatic carbocycles. The van der Waals surface area contributed by atoms with Gasteiger partial charge in [-0.25, -0.2) is 0 Å². The standard InChI is InChI=1S/C20H40O2/c1-5-9-10-11-12-13-14-15-16-19(8-4)20(21)22-17-18(6-2)7-3/h18-19H,5-17H2,1-4H3. The summed E-state index contributed by atoms with van der Waals surface area (Å²) in [7, 11) is 0. The van der Waals surface area contributed by atoms with Crippen LogP contribution in [0.2, 0.25) is 0 Å². The van der Waals surface area contributed by atoms with Crippen molar-refractivity contribution in [1.82, 2.24) is 0 Å². The Hall–Kier alpha value is -0.530. The highest BCUT2D eigenvalue weighted by atomic mass is 16.5. The van der Waals surface area contributed by atoms with E-state index in [1.54, 1.807) is 0 Å². The van der Waals surface area contributed by atoms with Crippen molar-refractivity contribution in [2.45, 2.75) is 105 Å². The predicted octanol–water partition coefficient (Wildman–Crippen LogP) is 6.52. The highest BCUT2D eigenvalue weighted by Gasteiger charge is 2.18. The molecule has 0 rings (SSSR count). The molecule has 0 spiro atoms. The molecule has 0 aromatic heterocycles. The van der Waals surface area contributed by atoms with Gasteiger partial charge in [0.1, 0.15) is 0 Å². The van der Waals surface area contributed by atoms with Crippen molar-refractivity contribution in [2.75, 3.05) is 6.61 Å². The fraction of sp³-hybridized carbons (Fsp3) is 0.950. The number of hydrogen-bond donors (Lipinski definition) is 0. The van der Waals surface area contributed by atoms with Crippen LogP contribution in [0.15, 0.2) is 0 Å². The molecule has 132 valence electrons. The average molecular weight is 313 g/mol. The number of esters is 1. The van der Waals surface area contributed by atoms with Gasteiger partial charge in [0.25, 0.3) is 0 Å². The zero-order chi connectivity index (χ0) is 16.6. The lowest BCUT2D eigenvalue weighted by Gasteiger charge is -2.17. The molecule has 0 saturated heterocycles. The van der Waals surface area contributed by atoms with E-state index in [4.69, 9.17) is 4.74 Å². The Morgan fingerprint density at radius 1 is 0.773 bits per heavy atom. The van der Waals surface area contributed by atoms with E-state index in [9.17, 15) is 4.79 Å². The van der Waals surface area contributed by atoms with Crippen molar-refractivity contribution in [3.8, 4) is 0 Å². The number of ether oxygens (including phenoxy) is 1. The van der Waals surface area contributed by atoms with Gasteiger partial charge in [-0.2, -0.15) is 0 Å². The molecular formula is C20H40O2. The molecule has 1 atom stereocenters. The Kier molecular flexibility index (Phi) is 15.0. The summed E-state index contributed by atoms with van der Waals surface area (Å²) in [6, 6.07) is 0. The Labute approximate surface area is 139 Å². The first-order chi connectivity index (χ1) is 10.7. The van der Waals surface area contributed by atoms with Crippen LogP contribution in [0.25, 0.3) is 0 Å². The highest BCUT2D eigenvalue weighted by Crippen LogP contribution is 2.18. The van der Waals surface area contributed by atoms with Crippen LogP contribution in [0.1, 0.15) is 105 Å². The monoisotopic (exact) mass is 312 g/mol. The van der Waals surface area contributed by atoms with Gasteiger partial charge in [0, 0.05) is 0 Å². The number of rotatable bonds is 15. The molecule has 0 radical (unpaired) electrons. The van der Waals surface area contributed by atoms with Crippen molar-refractivity contribution < 1.29 is 9.53 Å². The molecule has 22 heavy (non-hydrogen) atoms. The van der Waals surface area contributed by atoms with Gasteiger partial charge in [-0.05, 0) is 18.8 Å². The lowest BCUT2D eigenvalue weighted by atomic mass is 9.97. The Morgan fingerprint density at radius 3 is 1.82 bits per heavy atom. The second-order valence-electron chi connectivity index (χ2n) is 6.68. The molecule has 0 aliphatic rings. The third-order valence-electron chi connectivity index (χ3n) is 4.85. The normalized spacial score (nSPS) is 12.6. The third kappa shape index (κ3) is 11.1. The van der Waals surface area contributed by atoms with Crippen LogP contribution in [0, 0.1) is 11.8 Å². The maximum atomic E-state index is 12.1. The van der Waals surface area contributed by atoms with Gasteiger partial charge in [-0.3, -0.25) is 4.79 Å². The topological polar surface area (TPSA) is 26.3 Å². The van der Waals surface area contributed by atoms with Crippen LogP contribution in [-0.4, -0.2) is 12.6 Å². The first kappa shape index (κ1) is 21.5. The van der Waals surface area contributed by atoms with Gasteiger partial charge in [0.2, 0.25) is 0 Å². The van der Waals surface area contributed by atoms with E-state index < -0.39 is 0 Å². The fourth-order valence-corrected chi connectivity index (χ4v) is 2.86. The van der Waals surface area contributed by atoms with Crippen LogP contribution in [-0.2, 0) is 9.53 Å². The first-order valence-corrected chi connectivity index (χ1v) is 9.86. The van der Waals surface area contributed by atoms with E-state index in [0.717, 1.165) is 25.7 Å². The fourth-order valence-electron chi connectivity index (χ4n) is 2.86. The average Bonchev–Trinajstić information content (AvgIpc) is 2.54. The van der Waals surface area contributed by atoms with Gasteiger partial charge in [0.05, 0.1) is 12.5 Å². The van der Waals surface area contributed by atoms with Crippen LogP contribution in [0.3, 0.4) is 0 Å².